The van der Waals surface area contributed by atoms with Crippen LogP contribution in [0.5, 0.6) is 0 Å². The molecule has 0 bridgehead atoms. The van der Waals surface area contributed by atoms with Gasteiger partial charge in [-0.1, -0.05) is 52.1 Å². The van der Waals surface area contributed by atoms with Crippen molar-refractivity contribution in [2.24, 2.45) is 0 Å². The second-order valence-electron chi connectivity index (χ2n) is 8.42. The van der Waals surface area contributed by atoms with Crippen LogP contribution in [0.1, 0.15) is 38.3 Å². The lowest BCUT2D eigenvalue weighted by molar-refractivity contribution is -0.139. The molecule has 0 unspecified atom stereocenters. The Morgan fingerprint density at radius 1 is 1.11 bits per heavy atom. The molecule has 0 saturated carbocycles. The number of halogens is 3. The summed E-state index contributed by atoms with van der Waals surface area (Å²) >= 11 is 16.1. The predicted octanol–water partition coefficient (Wildman–Crippen LogP) is 5.16. The average Bonchev–Trinajstić information content (AvgIpc) is 2.77. The van der Waals surface area contributed by atoms with Gasteiger partial charge in [-0.25, -0.2) is 8.42 Å². The fourth-order valence-electron chi connectivity index (χ4n) is 3.30. The number of rotatable bonds is 10. The van der Waals surface area contributed by atoms with Gasteiger partial charge in [0, 0.05) is 32.7 Å². The molecule has 0 fully saturated rings. The normalized spacial score (nSPS) is 13.1. The van der Waals surface area contributed by atoms with Crippen LogP contribution in [0.4, 0.5) is 5.69 Å². The Morgan fingerprint density at radius 3 is 2.23 bits per heavy atom. The van der Waals surface area contributed by atoms with E-state index in [0.717, 1.165) is 20.6 Å². The first-order valence-corrected chi connectivity index (χ1v) is 14.4. The lowest BCUT2D eigenvalue weighted by atomic mass is 10.1. The highest BCUT2D eigenvalue weighted by molar-refractivity contribution is 9.10. The van der Waals surface area contributed by atoms with Crippen molar-refractivity contribution in [2.45, 2.75) is 52.7 Å². The SMILES string of the molecule is CC[C@H](C)NC(=O)[C@@H](C)N(Cc1c(Cl)cccc1Cl)C(=O)CN(c1ccc(Br)c(C)c1)S(C)(=O)=O. The van der Waals surface area contributed by atoms with Gasteiger partial charge in [0.05, 0.1) is 11.9 Å². The molecule has 1 N–H and O–H groups in total. The molecule has 0 aliphatic carbocycles. The number of hydrogen-bond donors (Lipinski definition) is 1. The fraction of sp³-hybridized carbons (Fsp3) is 0.417. The van der Waals surface area contributed by atoms with E-state index < -0.39 is 28.5 Å². The second kappa shape index (κ2) is 12.4. The number of anilines is 1. The Balaban J connectivity index is 2.47. The van der Waals surface area contributed by atoms with Crippen molar-refractivity contribution in [2.75, 3.05) is 17.1 Å². The van der Waals surface area contributed by atoms with Gasteiger partial charge in [0.25, 0.3) is 0 Å². The van der Waals surface area contributed by atoms with Crippen LogP contribution in [0.2, 0.25) is 10.0 Å². The van der Waals surface area contributed by atoms with Crippen molar-refractivity contribution >= 4 is 66.7 Å². The molecule has 2 aromatic rings. The van der Waals surface area contributed by atoms with E-state index in [9.17, 15) is 18.0 Å². The quantitative estimate of drug-likeness (QED) is 0.405. The first-order chi connectivity index (χ1) is 16.3. The summed E-state index contributed by atoms with van der Waals surface area (Å²) in [6.07, 6.45) is 1.75. The van der Waals surface area contributed by atoms with E-state index >= 15 is 0 Å². The third kappa shape index (κ3) is 7.84. The number of benzene rings is 2. The summed E-state index contributed by atoms with van der Waals surface area (Å²) in [6.45, 7) is 6.65. The first kappa shape index (κ1) is 29.4. The van der Waals surface area contributed by atoms with E-state index in [1.807, 2.05) is 20.8 Å². The summed E-state index contributed by atoms with van der Waals surface area (Å²) in [5, 5.41) is 3.55. The van der Waals surface area contributed by atoms with Crippen molar-refractivity contribution in [3.63, 3.8) is 0 Å². The van der Waals surface area contributed by atoms with Gasteiger partial charge in [-0.15, -0.1) is 0 Å². The van der Waals surface area contributed by atoms with Crippen LogP contribution in [0.25, 0.3) is 0 Å². The summed E-state index contributed by atoms with van der Waals surface area (Å²) in [7, 11) is -3.82. The van der Waals surface area contributed by atoms with Crippen molar-refractivity contribution in [1.29, 1.82) is 0 Å². The molecule has 7 nitrogen and oxygen atoms in total. The van der Waals surface area contributed by atoms with Crippen molar-refractivity contribution in [3.8, 4) is 0 Å². The van der Waals surface area contributed by atoms with E-state index in [1.165, 1.54) is 4.90 Å². The van der Waals surface area contributed by atoms with E-state index in [0.29, 0.717) is 27.7 Å². The summed E-state index contributed by atoms with van der Waals surface area (Å²) in [6, 6.07) is 8.97. The molecular formula is C24H30BrCl2N3O4S. The molecule has 2 aromatic carbocycles. The van der Waals surface area contributed by atoms with Gasteiger partial charge in [-0.3, -0.25) is 13.9 Å². The molecule has 192 valence electrons. The standard InChI is InChI=1S/C24H30BrCl2N3O4S/c1-6-16(3)28-24(32)17(4)29(13-19-21(26)8-7-9-22(19)27)23(31)14-30(35(5,33)34)18-10-11-20(25)15(2)12-18/h7-12,16-17H,6,13-14H2,1-5H3,(H,28,32)/t16-,17+/m0/s1. The van der Waals surface area contributed by atoms with Gasteiger partial charge in [0.15, 0.2) is 0 Å². The molecule has 0 spiro atoms. The van der Waals surface area contributed by atoms with Gasteiger partial charge < -0.3 is 10.2 Å². The lowest BCUT2D eigenvalue weighted by Crippen LogP contribution is -2.52. The van der Waals surface area contributed by atoms with E-state index in [4.69, 9.17) is 23.2 Å². The molecule has 0 aromatic heterocycles. The number of hydrogen-bond acceptors (Lipinski definition) is 4. The summed E-state index contributed by atoms with van der Waals surface area (Å²) in [5.41, 5.74) is 1.62. The first-order valence-electron chi connectivity index (χ1n) is 11.0. The van der Waals surface area contributed by atoms with Crippen LogP contribution >= 0.6 is 39.1 Å². The molecule has 0 aliphatic rings. The van der Waals surface area contributed by atoms with Gasteiger partial charge >= 0.3 is 0 Å². The Hall–Kier alpha value is -1.81. The lowest BCUT2D eigenvalue weighted by Gasteiger charge is -2.32. The second-order valence-corrected chi connectivity index (χ2v) is 12.0. The van der Waals surface area contributed by atoms with Crippen LogP contribution in [0, 0.1) is 6.92 Å². The number of aryl methyl sites for hydroxylation is 1. The molecule has 35 heavy (non-hydrogen) atoms. The summed E-state index contributed by atoms with van der Waals surface area (Å²) < 4.78 is 27.2. The predicted molar refractivity (Wildman–Crippen MR) is 145 cm³/mol. The Labute approximate surface area is 225 Å². The molecular weight excluding hydrogens is 577 g/mol. The number of carbonyl (C=O) groups excluding carboxylic acids is 2. The van der Waals surface area contributed by atoms with Gasteiger partial charge in [-0.05, 0) is 63.1 Å². The smallest absolute Gasteiger partial charge is 0.244 e. The maximum absolute atomic E-state index is 13.6. The number of amides is 2. The van der Waals surface area contributed by atoms with Crippen molar-refractivity contribution in [3.05, 3.63) is 62.0 Å². The average molecular weight is 607 g/mol. The van der Waals surface area contributed by atoms with Gasteiger partial charge in [-0.2, -0.15) is 0 Å². The highest BCUT2D eigenvalue weighted by Gasteiger charge is 2.31. The fourth-order valence-corrected chi connectivity index (χ4v) is 4.90. The Bertz CT molecular complexity index is 1170. The van der Waals surface area contributed by atoms with Gasteiger partial charge in [0.1, 0.15) is 12.6 Å². The third-order valence-corrected chi connectivity index (χ3v) is 8.41. The Morgan fingerprint density at radius 2 is 1.71 bits per heavy atom. The van der Waals surface area contributed by atoms with Gasteiger partial charge in [0.2, 0.25) is 21.8 Å². The van der Waals surface area contributed by atoms with E-state index in [1.54, 1.807) is 43.3 Å². The minimum Gasteiger partial charge on any atom is -0.352 e. The zero-order valence-electron chi connectivity index (χ0n) is 20.3. The highest BCUT2D eigenvalue weighted by atomic mass is 79.9. The zero-order valence-corrected chi connectivity index (χ0v) is 24.2. The molecule has 2 rings (SSSR count). The minimum absolute atomic E-state index is 0.0661. The molecule has 0 saturated heterocycles. The largest absolute Gasteiger partial charge is 0.352 e. The number of nitrogens with one attached hydrogen (secondary N) is 1. The van der Waals surface area contributed by atoms with Crippen LogP contribution in [-0.4, -0.2) is 50.0 Å². The van der Waals surface area contributed by atoms with Crippen molar-refractivity contribution in [1.82, 2.24) is 10.2 Å². The monoisotopic (exact) mass is 605 g/mol. The Kier molecular flexibility index (Phi) is 10.4. The van der Waals surface area contributed by atoms with Crippen molar-refractivity contribution < 1.29 is 18.0 Å². The molecule has 2 amide bonds. The number of carbonyl (C=O) groups is 2. The van der Waals surface area contributed by atoms with Crippen LogP contribution in [-0.2, 0) is 26.2 Å². The molecule has 2 atom stereocenters. The maximum atomic E-state index is 13.6. The molecule has 0 aliphatic heterocycles. The summed E-state index contributed by atoms with van der Waals surface area (Å²) in [4.78, 5) is 27.8. The highest BCUT2D eigenvalue weighted by Crippen LogP contribution is 2.28. The number of sulfonamides is 1. The van der Waals surface area contributed by atoms with E-state index in [2.05, 4.69) is 21.2 Å². The van der Waals surface area contributed by atoms with Crippen LogP contribution in [0.3, 0.4) is 0 Å². The maximum Gasteiger partial charge on any atom is 0.244 e. The molecule has 11 heteroatoms. The molecule has 0 heterocycles. The van der Waals surface area contributed by atoms with Crippen LogP contribution in [0.15, 0.2) is 40.9 Å². The topological polar surface area (TPSA) is 86.8 Å². The third-order valence-electron chi connectivity index (χ3n) is 5.67. The molecule has 0 radical (unpaired) electrons. The minimum atomic E-state index is -3.82. The van der Waals surface area contributed by atoms with Crippen LogP contribution < -0.4 is 9.62 Å². The zero-order chi connectivity index (χ0) is 26.5. The van der Waals surface area contributed by atoms with E-state index in [-0.39, 0.29) is 18.5 Å². The summed E-state index contributed by atoms with van der Waals surface area (Å²) in [5.74, 6) is -0.931. The number of nitrogens with zero attached hydrogens (tertiary/aromatic N) is 2.